The Morgan fingerprint density at radius 1 is 1.34 bits per heavy atom. The second-order valence-corrected chi connectivity index (χ2v) is 10.1. The van der Waals surface area contributed by atoms with Gasteiger partial charge in [0.1, 0.15) is 17.6 Å². The lowest BCUT2D eigenvalue weighted by atomic mass is 9.97. The molecule has 1 aromatic carbocycles. The number of aromatic nitrogens is 1. The van der Waals surface area contributed by atoms with Crippen molar-refractivity contribution in [2.24, 2.45) is 5.92 Å². The Bertz CT molecular complexity index is 951. The van der Waals surface area contributed by atoms with E-state index in [1.807, 2.05) is 39.0 Å². The van der Waals surface area contributed by atoms with Gasteiger partial charge in [0.2, 0.25) is 0 Å². The first kappa shape index (κ1) is 26.5. The summed E-state index contributed by atoms with van der Waals surface area (Å²) in [6.45, 7) is 9.86. The fourth-order valence-corrected chi connectivity index (χ4v) is 4.33. The highest BCUT2D eigenvalue weighted by Crippen LogP contribution is 2.32. The van der Waals surface area contributed by atoms with Gasteiger partial charge in [-0.25, -0.2) is 9.78 Å². The van der Waals surface area contributed by atoms with Crippen LogP contribution in [0.1, 0.15) is 47.0 Å². The summed E-state index contributed by atoms with van der Waals surface area (Å²) in [6.07, 6.45) is 5.63. The van der Waals surface area contributed by atoms with Crippen molar-refractivity contribution in [2.45, 2.75) is 64.6 Å². The van der Waals surface area contributed by atoms with Crippen molar-refractivity contribution in [3.8, 4) is 17.1 Å². The summed E-state index contributed by atoms with van der Waals surface area (Å²) in [5, 5.41) is 6.74. The second-order valence-electron chi connectivity index (χ2n) is 10.1. The van der Waals surface area contributed by atoms with Gasteiger partial charge < -0.3 is 29.3 Å². The Hall–Kier alpha value is -3.07. The van der Waals surface area contributed by atoms with Crippen LogP contribution in [0.5, 0.6) is 5.75 Å². The molecule has 0 radical (unpaired) electrons. The zero-order valence-electron chi connectivity index (χ0n) is 21.4. The van der Waals surface area contributed by atoms with Gasteiger partial charge in [-0.05, 0) is 71.2 Å². The molecule has 1 aliphatic rings. The maximum atomic E-state index is 13.1. The lowest BCUT2D eigenvalue weighted by Gasteiger charge is -2.39. The molecule has 2 atom stereocenters. The zero-order valence-corrected chi connectivity index (χ0v) is 21.4. The van der Waals surface area contributed by atoms with Crippen LogP contribution in [-0.4, -0.2) is 66.7 Å². The first-order chi connectivity index (χ1) is 16.7. The third kappa shape index (κ3) is 7.45. The van der Waals surface area contributed by atoms with Crippen LogP contribution in [0.4, 0.5) is 10.5 Å². The van der Waals surface area contributed by atoms with Crippen LogP contribution >= 0.6 is 0 Å². The van der Waals surface area contributed by atoms with E-state index in [9.17, 15) is 9.59 Å². The number of hydrogen-bond acceptors (Lipinski definition) is 8. The summed E-state index contributed by atoms with van der Waals surface area (Å²) < 4.78 is 16.6. The van der Waals surface area contributed by atoms with E-state index in [1.54, 1.807) is 18.2 Å². The van der Waals surface area contributed by atoms with E-state index in [-0.39, 0.29) is 12.0 Å². The molecule has 2 N–H and O–H groups in total. The van der Waals surface area contributed by atoms with Gasteiger partial charge >= 0.3 is 6.09 Å². The fourth-order valence-electron chi connectivity index (χ4n) is 4.33. The van der Waals surface area contributed by atoms with Crippen LogP contribution in [0.3, 0.4) is 0 Å². The fraction of sp³-hybridized carbons (Fsp3) is 0.577. The minimum absolute atomic E-state index is 0.0191. The number of methoxy groups -OCH3 is 1. The van der Waals surface area contributed by atoms with Crippen LogP contribution in [-0.2, 0) is 9.53 Å². The molecule has 9 nitrogen and oxygen atoms in total. The zero-order chi connectivity index (χ0) is 25.4. The van der Waals surface area contributed by atoms with Crippen LogP contribution in [0, 0.1) is 5.92 Å². The van der Waals surface area contributed by atoms with E-state index in [4.69, 9.17) is 13.9 Å². The molecule has 35 heavy (non-hydrogen) atoms. The number of amides is 1. The summed E-state index contributed by atoms with van der Waals surface area (Å²) >= 11 is 0. The summed E-state index contributed by atoms with van der Waals surface area (Å²) in [5.41, 5.74) is 1.08. The number of hydrogen-bond donors (Lipinski definition) is 2. The lowest BCUT2D eigenvalue weighted by molar-refractivity contribution is -0.114. The van der Waals surface area contributed by atoms with Gasteiger partial charge in [0.05, 0.1) is 24.9 Å². The van der Waals surface area contributed by atoms with Gasteiger partial charge in [0.15, 0.2) is 12.2 Å². The van der Waals surface area contributed by atoms with E-state index < -0.39 is 17.7 Å². The van der Waals surface area contributed by atoms with Gasteiger partial charge in [-0.2, -0.15) is 0 Å². The molecular weight excluding hydrogens is 448 g/mol. The van der Waals surface area contributed by atoms with Crippen LogP contribution in [0.25, 0.3) is 11.3 Å². The molecule has 192 valence electrons. The molecule has 1 saturated heterocycles. The molecule has 1 aliphatic heterocycles. The second kappa shape index (κ2) is 12.1. The van der Waals surface area contributed by atoms with E-state index >= 15 is 0 Å². The Labute approximate surface area is 207 Å². The molecule has 2 heterocycles. The topological polar surface area (TPSA) is 106 Å². The standard InChI is InChI=1S/C26H38N4O5/c1-18(14-29-19-6-7-22(23(13-19)33-5)24-15-28-17-34-24)12-21(16-31)30(20-8-10-27-11-9-20)25(32)35-26(2,3)4/h6-7,13,15-18,20-21,27,29H,8-12,14H2,1-5H3. The molecular formula is C26H38N4O5. The first-order valence-corrected chi connectivity index (χ1v) is 12.2. The number of carbonyl (C=O) groups is 2. The first-order valence-electron chi connectivity index (χ1n) is 12.2. The Kier molecular flexibility index (Phi) is 9.14. The number of oxazole rings is 1. The predicted molar refractivity (Wildman–Crippen MR) is 135 cm³/mol. The number of rotatable bonds is 10. The largest absolute Gasteiger partial charge is 0.496 e. The minimum Gasteiger partial charge on any atom is -0.496 e. The molecule has 2 aromatic rings. The molecule has 0 aliphatic carbocycles. The highest BCUT2D eigenvalue weighted by Gasteiger charge is 2.35. The van der Waals surface area contributed by atoms with Crippen molar-refractivity contribution >= 4 is 18.1 Å². The third-order valence-corrected chi connectivity index (χ3v) is 6.02. The number of nitrogens with one attached hydrogen (secondary N) is 2. The van der Waals surface area contributed by atoms with Crippen molar-refractivity contribution < 1.29 is 23.5 Å². The molecule has 2 unspecified atom stereocenters. The highest BCUT2D eigenvalue weighted by molar-refractivity contribution is 5.74. The van der Waals surface area contributed by atoms with Crippen molar-refractivity contribution in [3.63, 3.8) is 0 Å². The average Bonchev–Trinajstić information content (AvgIpc) is 3.36. The molecule has 1 amide bonds. The molecule has 0 spiro atoms. The van der Waals surface area contributed by atoms with E-state index in [0.29, 0.717) is 24.5 Å². The number of benzene rings is 1. The van der Waals surface area contributed by atoms with E-state index in [1.165, 1.54) is 6.39 Å². The Morgan fingerprint density at radius 2 is 2.09 bits per heavy atom. The van der Waals surface area contributed by atoms with Gasteiger partial charge in [-0.15, -0.1) is 0 Å². The Balaban J connectivity index is 1.66. The van der Waals surface area contributed by atoms with Gasteiger partial charge in [-0.3, -0.25) is 4.90 Å². The summed E-state index contributed by atoms with van der Waals surface area (Å²) in [6, 6.07) is 5.21. The van der Waals surface area contributed by atoms with Gasteiger partial charge in [0, 0.05) is 24.3 Å². The maximum absolute atomic E-state index is 13.1. The smallest absolute Gasteiger partial charge is 0.411 e. The van der Waals surface area contributed by atoms with Crippen LogP contribution in [0.15, 0.2) is 35.2 Å². The van der Waals surface area contributed by atoms with E-state index in [0.717, 1.165) is 43.5 Å². The number of carbonyl (C=O) groups excluding carboxylic acids is 2. The molecule has 1 aromatic heterocycles. The minimum atomic E-state index is -0.625. The van der Waals surface area contributed by atoms with Gasteiger partial charge in [-0.1, -0.05) is 6.92 Å². The van der Waals surface area contributed by atoms with Crippen LogP contribution < -0.4 is 15.4 Å². The SMILES string of the molecule is COc1cc(NCC(C)CC(C=O)N(C(=O)OC(C)(C)C)C2CCNCC2)ccc1-c1cnco1. The van der Waals surface area contributed by atoms with Crippen molar-refractivity contribution in [1.29, 1.82) is 0 Å². The van der Waals surface area contributed by atoms with Crippen molar-refractivity contribution in [2.75, 3.05) is 32.1 Å². The number of aldehydes is 1. The average molecular weight is 487 g/mol. The summed E-state index contributed by atoms with van der Waals surface area (Å²) in [4.78, 5) is 30.9. The number of piperidine rings is 1. The molecule has 0 saturated carbocycles. The van der Waals surface area contributed by atoms with E-state index in [2.05, 4.69) is 22.5 Å². The number of anilines is 1. The predicted octanol–water partition coefficient (Wildman–Crippen LogP) is 4.34. The highest BCUT2D eigenvalue weighted by atomic mass is 16.6. The lowest BCUT2D eigenvalue weighted by Crippen LogP contribution is -2.53. The summed E-state index contributed by atoms with van der Waals surface area (Å²) in [5.74, 6) is 1.43. The molecule has 9 heteroatoms. The van der Waals surface area contributed by atoms with Crippen molar-refractivity contribution in [3.05, 3.63) is 30.8 Å². The van der Waals surface area contributed by atoms with Gasteiger partial charge in [0.25, 0.3) is 0 Å². The third-order valence-electron chi connectivity index (χ3n) is 6.02. The number of ether oxygens (including phenoxy) is 2. The molecule has 0 bridgehead atoms. The summed E-state index contributed by atoms with van der Waals surface area (Å²) in [7, 11) is 1.61. The quantitative estimate of drug-likeness (QED) is 0.478. The number of nitrogens with zero attached hydrogens (tertiary/aromatic N) is 2. The molecule has 1 fully saturated rings. The Morgan fingerprint density at radius 3 is 2.69 bits per heavy atom. The monoisotopic (exact) mass is 486 g/mol. The maximum Gasteiger partial charge on any atom is 0.411 e. The van der Waals surface area contributed by atoms with Crippen LogP contribution in [0.2, 0.25) is 0 Å². The normalized spacial score (nSPS) is 16.3. The molecule has 3 rings (SSSR count). The van der Waals surface area contributed by atoms with Crippen molar-refractivity contribution in [1.82, 2.24) is 15.2 Å².